The molecule has 1 aromatic carbocycles. The van der Waals surface area contributed by atoms with Crippen molar-refractivity contribution in [3.63, 3.8) is 0 Å². The summed E-state index contributed by atoms with van der Waals surface area (Å²) < 4.78 is 0. The van der Waals surface area contributed by atoms with Gasteiger partial charge >= 0.3 is 0 Å². The summed E-state index contributed by atoms with van der Waals surface area (Å²) in [6, 6.07) is 6.39. The second-order valence-corrected chi connectivity index (χ2v) is 4.99. The molecule has 0 spiro atoms. The number of aryl methyl sites for hydroxylation is 2. The molecule has 84 valence electrons. The molecule has 1 unspecified atom stereocenters. The molecule has 2 nitrogen and oxygen atoms in total. The Morgan fingerprint density at radius 2 is 2.13 bits per heavy atom. The Morgan fingerprint density at radius 1 is 1.40 bits per heavy atom. The van der Waals surface area contributed by atoms with Crippen LogP contribution < -0.4 is 5.73 Å². The number of rotatable bonds is 5. The van der Waals surface area contributed by atoms with Gasteiger partial charge in [-0.1, -0.05) is 17.7 Å². The first-order valence-electron chi connectivity index (χ1n) is 5.20. The maximum absolute atomic E-state index is 8.79. The van der Waals surface area contributed by atoms with Crippen molar-refractivity contribution in [3.05, 3.63) is 29.3 Å². The minimum atomic E-state index is -0.0803. The van der Waals surface area contributed by atoms with Gasteiger partial charge in [-0.25, -0.2) is 0 Å². The fourth-order valence-corrected chi connectivity index (χ4v) is 2.46. The van der Waals surface area contributed by atoms with Crippen LogP contribution in [0.1, 0.15) is 17.5 Å². The third-order valence-corrected chi connectivity index (χ3v) is 3.52. The molecule has 1 rings (SSSR count). The van der Waals surface area contributed by atoms with Crippen molar-refractivity contribution < 1.29 is 5.11 Å². The van der Waals surface area contributed by atoms with E-state index in [1.807, 2.05) is 11.8 Å². The van der Waals surface area contributed by atoms with Crippen molar-refractivity contribution in [2.24, 2.45) is 5.73 Å². The number of nitrogens with two attached hydrogens (primary N) is 1. The second-order valence-electron chi connectivity index (χ2n) is 3.85. The van der Waals surface area contributed by atoms with Crippen LogP contribution in [0.4, 0.5) is 0 Å². The van der Waals surface area contributed by atoms with Crippen LogP contribution in [-0.4, -0.2) is 23.5 Å². The predicted molar refractivity (Wildman–Crippen MR) is 66.3 cm³/mol. The van der Waals surface area contributed by atoms with Crippen LogP contribution in [0.15, 0.2) is 23.1 Å². The van der Waals surface area contributed by atoms with Gasteiger partial charge in [-0.15, -0.1) is 11.8 Å². The van der Waals surface area contributed by atoms with Gasteiger partial charge in [0.25, 0.3) is 0 Å². The number of aliphatic hydroxyl groups excluding tert-OH is 1. The van der Waals surface area contributed by atoms with Gasteiger partial charge in [-0.3, -0.25) is 0 Å². The van der Waals surface area contributed by atoms with Crippen LogP contribution in [0, 0.1) is 13.8 Å². The normalized spacial score (nSPS) is 12.8. The zero-order chi connectivity index (χ0) is 11.3. The molecule has 3 N–H and O–H groups in total. The summed E-state index contributed by atoms with van der Waals surface area (Å²) in [7, 11) is 0. The molecule has 0 heterocycles. The standard InChI is InChI=1S/C12H19NOS/c1-9-3-4-12(10(2)7-9)15-6-5-11(13)8-14/h3-4,7,11,14H,5-6,8,13H2,1-2H3. The van der Waals surface area contributed by atoms with Crippen LogP contribution in [0.3, 0.4) is 0 Å². The van der Waals surface area contributed by atoms with Crippen molar-refractivity contribution in [1.29, 1.82) is 0 Å². The van der Waals surface area contributed by atoms with E-state index in [1.54, 1.807) is 0 Å². The first-order valence-corrected chi connectivity index (χ1v) is 6.18. The minimum absolute atomic E-state index is 0.0768. The summed E-state index contributed by atoms with van der Waals surface area (Å²) in [5.41, 5.74) is 8.25. The Labute approximate surface area is 95.9 Å². The predicted octanol–water partition coefficient (Wildman–Crippen LogP) is 2.11. The second kappa shape index (κ2) is 6.16. The molecule has 15 heavy (non-hydrogen) atoms. The van der Waals surface area contributed by atoms with E-state index in [0.29, 0.717) is 0 Å². The van der Waals surface area contributed by atoms with Crippen LogP contribution in [0.2, 0.25) is 0 Å². The van der Waals surface area contributed by atoms with Gasteiger partial charge in [0.15, 0.2) is 0 Å². The van der Waals surface area contributed by atoms with Gasteiger partial charge < -0.3 is 10.8 Å². The fraction of sp³-hybridized carbons (Fsp3) is 0.500. The van der Waals surface area contributed by atoms with Gasteiger partial charge in [0.05, 0.1) is 6.61 Å². The highest BCUT2D eigenvalue weighted by molar-refractivity contribution is 7.99. The Hall–Kier alpha value is -0.510. The molecule has 0 aliphatic rings. The van der Waals surface area contributed by atoms with E-state index < -0.39 is 0 Å². The first-order chi connectivity index (χ1) is 7.13. The SMILES string of the molecule is Cc1ccc(SCCC(N)CO)c(C)c1. The molecule has 0 aliphatic heterocycles. The van der Waals surface area contributed by atoms with Gasteiger partial charge in [0.2, 0.25) is 0 Å². The summed E-state index contributed by atoms with van der Waals surface area (Å²) in [6.45, 7) is 4.30. The monoisotopic (exact) mass is 225 g/mol. The highest BCUT2D eigenvalue weighted by atomic mass is 32.2. The van der Waals surface area contributed by atoms with Crippen LogP contribution in [0.5, 0.6) is 0 Å². The van der Waals surface area contributed by atoms with Crippen molar-refractivity contribution in [3.8, 4) is 0 Å². The van der Waals surface area contributed by atoms with Crippen LogP contribution in [0.25, 0.3) is 0 Å². The lowest BCUT2D eigenvalue weighted by molar-refractivity contribution is 0.264. The fourth-order valence-electron chi connectivity index (χ4n) is 1.37. The molecule has 0 aliphatic carbocycles. The molecular weight excluding hydrogens is 206 g/mol. The van der Waals surface area contributed by atoms with E-state index in [-0.39, 0.29) is 12.6 Å². The van der Waals surface area contributed by atoms with E-state index >= 15 is 0 Å². The lowest BCUT2D eigenvalue weighted by Crippen LogP contribution is -2.24. The number of benzene rings is 1. The lowest BCUT2D eigenvalue weighted by atomic mass is 10.2. The van der Waals surface area contributed by atoms with Gasteiger partial charge in [0, 0.05) is 10.9 Å². The molecule has 1 atom stereocenters. The molecule has 0 aromatic heterocycles. The maximum Gasteiger partial charge on any atom is 0.0582 e. The molecular formula is C12H19NOS. The molecule has 0 bridgehead atoms. The number of aliphatic hydroxyl groups is 1. The smallest absolute Gasteiger partial charge is 0.0582 e. The number of hydrogen-bond donors (Lipinski definition) is 2. The quantitative estimate of drug-likeness (QED) is 0.754. The first kappa shape index (κ1) is 12.6. The summed E-state index contributed by atoms with van der Waals surface area (Å²) >= 11 is 1.81. The minimum Gasteiger partial charge on any atom is -0.395 e. The van der Waals surface area contributed by atoms with Crippen molar-refractivity contribution in [2.75, 3.05) is 12.4 Å². The largest absolute Gasteiger partial charge is 0.395 e. The number of thioether (sulfide) groups is 1. The summed E-state index contributed by atoms with van der Waals surface area (Å²) in [5, 5.41) is 8.79. The highest BCUT2D eigenvalue weighted by Crippen LogP contribution is 2.23. The summed E-state index contributed by atoms with van der Waals surface area (Å²) in [6.07, 6.45) is 0.856. The van der Waals surface area contributed by atoms with Gasteiger partial charge in [-0.05, 0) is 37.7 Å². The molecule has 3 heteroatoms. The molecule has 0 saturated carbocycles. The Bertz CT molecular complexity index is 314. The highest BCUT2D eigenvalue weighted by Gasteiger charge is 2.02. The Balaban J connectivity index is 2.44. The Kier molecular flexibility index (Phi) is 5.15. The van der Waals surface area contributed by atoms with Crippen molar-refractivity contribution in [2.45, 2.75) is 31.2 Å². The van der Waals surface area contributed by atoms with Gasteiger partial charge in [0.1, 0.15) is 0 Å². The molecule has 1 aromatic rings. The maximum atomic E-state index is 8.79. The zero-order valence-electron chi connectivity index (χ0n) is 9.36. The lowest BCUT2D eigenvalue weighted by Gasteiger charge is -2.09. The van der Waals surface area contributed by atoms with Crippen molar-refractivity contribution in [1.82, 2.24) is 0 Å². The van der Waals surface area contributed by atoms with Crippen LogP contribution >= 0.6 is 11.8 Å². The molecule has 0 radical (unpaired) electrons. The third-order valence-electron chi connectivity index (χ3n) is 2.31. The van der Waals surface area contributed by atoms with E-state index in [9.17, 15) is 0 Å². The summed E-state index contributed by atoms with van der Waals surface area (Å²) in [5.74, 6) is 0.964. The molecule has 0 fully saturated rings. The average Bonchev–Trinajstić information content (AvgIpc) is 2.21. The van der Waals surface area contributed by atoms with Crippen molar-refractivity contribution >= 4 is 11.8 Å². The van der Waals surface area contributed by atoms with Gasteiger partial charge in [-0.2, -0.15) is 0 Å². The topological polar surface area (TPSA) is 46.2 Å². The Morgan fingerprint density at radius 3 is 2.73 bits per heavy atom. The van der Waals surface area contributed by atoms with E-state index in [1.165, 1.54) is 16.0 Å². The average molecular weight is 225 g/mol. The third kappa shape index (κ3) is 4.24. The molecule has 0 saturated heterocycles. The van der Waals surface area contributed by atoms with E-state index in [0.717, 1.165) is 12.2 Å². The molecule has 0 amide bonds. The van der Waals surface area contributed by atoms with E-state index in [2.05, 4.69) is 32.0 Å². The number of hydrogen-bond acceptors (Lipinski definition) is 3. The zero-order valence-corrected chi connectivity index (χ0v) is 10.2. The van der Waals surface area contributed by atoms with E-state index in [4.69, 9.17) is 10.8 Å². The van der Waals surface area contributed by atoms with Crippen LogP contribution in [-0.2, 0) is 0 Å². The summed E-state index contributed by atoms with van der Waals surface area (Å²) in [4.78, 5) is 1.31.